The van der Waals surface area contributed by atoms with Gasteiger partial charge in [-0.1, -0.05) is 12.8 Å². The Bertz CT molecular complexity index is 337. The second-order valence-electron chi connectivity index (χ2n) is 5.49. The highest BCUT2D eigenvalue weighted by atomic mass is 127. The number of ether oxygens (including phenoxy) is 1. The van der Waals surface area contributed by atoms with E-state index in [1.54, 1.807) is 0 Å². The van der Waals surface area contributed by atoms with E-state index in [9.17, 15) is 4.79 Å². The Morgan fingerprint density at radius 3 is 2.45 bits per heavy atom. The van der Waals surface area contributed by atoms with Crippen LogP contribution in [0.3, 0.4) is 0 Å². The maximum atomic E-state index is 11.5. The zero-order valence-corrected chi connectivity index (χ0v) is 14.8. The van der Waals surface area contributed by atoms with E-state index in [0.29, 0.717) is 0 Å². The first-order valence-electron chi connectivity index (χ1n) is 7.28. The smallest absolute Gasteiger partial charge is 0.308 e. The highest BCUT2D eigenvalue weighted by molar-refractivity contribution is 14.0. The van der Waals surface area contributed by atoms with Gasteiger partial charge in [-0.15, -0.1) is 24.0 Å². The summed E-state index contributed by atoms with van der Waals surface area (Å²) in [5.41, 5.74) is 0. The minimum atomic E-state index is -0.0728. The molecule has 0 aromatic carbocycles. The summed E-state index contributed by atoms with van der Waals surface area (Å²) in [5.74, 6) is 1.90. The van der Waals surface area contributed by atoms with Gasteiger partial charge in [0.15, 0.2) is 5.96 Å². The molecule has 1 saturated heterocycles. The molecule has 0 unspecified atom stereocenters. The summed E-state index contributed by atoms with van der Waals surface area (Å²) in [6.45, 7) is 2.76. The second kappa shape index (κ2) is 8.69. The third-order valence-corrected chi connectivity index (χ3v) is 4.07. The van der Waals surface area contributed by atoms with Crippen LogP contribution in [-0.4, -0.2) is 50.6 Å². The summed E-state index contributed by atoms with van der Waals surface area (Å²) in [6, 6.07) is 0. The molecule has 1 aliphatic heterocycles. The monoisotopic (exact) mass is 395 g/mol. The molecule has 0 amide bonds. The normalized spacial score (nSPS) is 20.3. The number of nitrogens with one attached hydrogen (secondary N) is 1. The molecule has 2 rings (SSSR count). The number of hydrogen-bond donors (Lipinski definition) is 1. The first kappa shape index (κ1) is 17.5. The molecule has 2 aliphatic rings. The Morgan fingerprint density at radius 1 is 1.30 bits per heavy atom. The predicted octanol–water partition coefficient (Wildman–Crippen LogP) is 1.86. The molecular formula is C14H26IN3O2. The quantitative estimate of drug-likeness (QED) is 0.342. The van der Waals surface area contributed by atoms with E-state index in [1.807, 2.05) is 7.05 Å². The van der Waals surface area contributed by atoms with Crippen LogP contribution in [0.4, 0.5) is 0 Å². The van der Waals surface area contributed by atoms with Gasteiger partial charge < -0.3 is 15.0 Å². The van der Waals surface area contributed by atoms with Crippen LogP contribution in [0.15, 0.2) is 4.99 Å². The van der Waals surface area contributed by atoms with Crippen molar-refractivity contribution in [3.8, 4) is 0 Å². The van der Waals surface area contributed by atoms with Crippen molar-refractivity contribution in [2.75, 3.05) is 33.8 Å². The molecule has 0 aromatic heterocycles. The summed E-state index contributed by atoms with van der Waals surface area (Å²) < 4.78 is 4.81. The molecule has 20 heavy (non-hydrogen) atoms. The van der Waals surface area contributed by atoms with Gasteiger partial charge in [-0.05, 0) is 25.2 Å². The van der Waals surface area contributed by atoms with Gasteiger partial charge in [0.1, 0.15) is 0 Å². The number of halogens is 1. The van der Waals surface area contributed by atoms with Gasteiger partial charge in [-0.25, -0.2) is 0 Å². The number of carbonyl (C=O) groups is 1. The molecule has 0 aromatic rings. The summed E-state index contributed by atoms with van der Waals surface area (Å²) in [7, 11) is 3.29. The molecule has 6 heteroatoms. The molecule has 0 bridgehead atoms. The van der Waals surface area contributed by atoms with Gasteiger partial charge in [0.05, 0.1) is 13.0 Å². The van der Waals surface area contributed by atoms with Crippen LogP contribution in [-0.2, 0) is 9.53 Å². The van der Waals surface area contributed by atoms with E-state index in [2.05, 4.69) is 15.2 Å². The van der Waals surface area contributed by atoms with Crippen LogP contribution >= 0.6 is 24.0 Å². The third kappa shape index (κ3) is 5.10. The van der Waals surface area contributed by atoms with Gasteiger partial charge in [-0.3, -0.25) is 9.79 Å². The number of rotatable bonds is 4. The minimum absolute atomic E-state index is 0. The Morgan fingerprint density at radius 2 is 1.95 bits per heavy atom. The van der Waals surface area contributed by atoms with Gasteiger partial charge in [0.25, 0.3) is 0 Å². The Kier molecular flexibility index (Phi) is 7.61. The fraction of sp³-hybridized carbons (Fsp3) is 0.857. The molecular weight excluding hydrogens is 369 g/mol. The first-order chi connectivity index (χ1) is 9.24. The van der Waals surface area contributed by atoms with Crippen molar-refractivity contribution in [3.63, 3.8) is 0 Å². The van der Waals surface area contributed by atoms with Crippen molar-refractivity contribution in [2.45, 2.75) is 32.1 Å². The predicted molar refractivity (Wildman–Crippen MR) is 90.4 cm³/mol. The lowest BCUT2D eigenvalue weighted by Crippen LogP contribution is -2.46. The zero-order valence-electron chi connectivity index (χ0n) is 12.4. The average molecular weight is 395 g/mol. The second-order valence-corrected chi connectivity index (χ2v) is 5.49. The first-order valence-corrected chi connectivity index (χ1v) is 7.28. The summed E-state index contributed by atoms with van der Waals surface area (Å²) in [5, 5.41) is 3.43. The van der Waals surface area contributed by atoms with E-state index in [-0.39, 0.29) is 35.9 Å². The van der Waals surface area contributed by atoms with Gasteiger partial charge in [0.2, 0.25) is 0 Å². The number of likely N-dealkylation sites (tertiary alicyclic amines) is 1. The lowest BCUT2D eigenvalue weighted by molar-refractivity contribution is -0.146. The van der Waals surface area contributed by atoms with Crippen molar-refractivity contribution in [1.82, 2.24) is 10.2 Å². The van der Waals surface area contributed by atoms with E-state index >= 15 is 0 Å². The lowest BCUT2D eigenvalue weighted by atomic mass is 9.97. The van der Waals surface area contributed by atoms with E-state index in [4.69, 9.17) is 4.74 Å². The Balaban J connectivity index is 0.00000200. The lowest BCUT2D eigenvalue weighted by Gasteiger charge is -2.33. The van der Waals surface area contributed by atoms with Crippen LogP contribution in [0, 0.1) is 11.8 Å². The Labute approximate surface area is 138 Å². The topological polar surface area (TPSA) is 53.9 Å². The summed E-state index contributed by atoms with van der Waals surface area (Å²) in [4.78, 5) is 18.1. The van der Waals surface area contributed by atoms with Crippen molar-refractivity contribution in [3.05, 3.63) is 0 Å². The number of esters is 1. The fourth-order valence-electron chi connectivity index (χ4n) is 2.62. The SMILES string of the molecule is CN=C(NCCC1CC1)N1CCC(C(=O)OC)CC1.I. The number of hydrogen-bond acceptors (Lipinski definition) is 3. The van der Waals surface area contributed by atoms with E-state index < -0.39 is 0 Å². The number of nitrogens with zero attached hydrogens (tertiary/aromatic N) is 2. The van der Waals surface area contributed by atoms with Crippen LogP contribution < -0.4 is 5.32 Å². The molecule has 0 radical (unpaired) electrons. The van der Waals surface area contributed by atoms with Crippen molar-refractivity contribution in [1.29, 1.82) is 0 Å². The summed E-state index contributed by atoms with van der Waals surface area (Å²) in [6.07, 6.45) is 5.75. The van der Waals surface area contributed by atoms with Crippen molar-refractivity contribution < 1.29 is 9.53 Å². The molecule has 1 aliphatic carbocycles. The molecule has 5 nitrogen and oxygen atoms in total. The largest absolute Gasteiger partial charge is 0.469 e. The molecule has 1 heterocycles. The van der Waals surface area contributed by atoms with Crippen molar-refractivity contribution in [2.24, 2.45) is 16.8 Å². The zero-order chi connectivity index (χ0) is 13.7. The highest BCUT2D eigenvalue weighted by Crippen LogP contribution is 2.31. The fourth-order valence-corrected chi connectivity index (χ4v) is 2.62. The summed E-state index contributed by atoms with van der Waals surface area (Å²) >= 11 is 0. The van der Waals surface area contributed by atoms with E-state index in [1.165, 1.54) is 26.4 Å². The Hall–Kier alpha value is -0.530. The van der Waals surface area contributed by atoms with Gasteiger partial charge in [0, 0.05) is 26.7 Å². The number of piperidine rings is 1. The van der Waals surface area contributed by atoms with Crippen LogP contribution in [0.2, 0.25) is 0 Å². The molecule has 1 saturated carbocycles. The highest BCUT2D eigenvalue weighted by Gasteiger charge is 2.27. The average Bonchev–Trinajstić information content (AvgIpc) is 3.27. The standard InChI is InChI=1S/C14H25N3O2.HI/c1-15-14(16-8-5-11-3-4-11)17-9-6-12(7-10-17)13(18)19-2;/h11-12H,3-10H2,1-2H3,(H,15,16);1H. The van der Waals surface area contributed by atoms with Crippen LogP contribution in [0.25, 0.3) is 0 Å². The maximum absolute atomic E-state index is 11.5. The molecule has 0 atom stereocenters. The van der Waals surface area contributed by atoms with Gasteiger partial charge >= 0.3 is 5.97 Å². The number of guanidine groups is 1. The number of methoxy groups -OCH3 is 1. The van der Waals surface area contributed by atoms with Crippen molar-refractivity contribution >= 4 is 35.9 Å². The van der Waals surface area contributed by atoms with Crippen LogP contribution in [0.5, 0.6) is 0 Å². The molecule has 2 fully saturated rings. The third-order valence-electron chi connectivity index (χ3n) is 4.07. The van der Waals surface area contributed by atoms with Gasteiger partial charge in [-0.2, -0.15) is 0 Å². The van der Waals surface area contributed by atoms with Crippen LogP contribution in [0.1, 0.15) is 32.1 Å². The van der Waals surface area contributed by atoms with E-state index in [0.717, 1.165) is 44.4 Å². The molecule has 0 spiro atoms. The number of carbonyl (C=O) groups excluding carboxylic acids is 1. The number of aliphatic imine (C=N–C) groups is 1. The minimum Gasteiger partial charge on any atom is -0.469 e. The molecule has 116 valence electrons. The maximum Gasteiger partial charge on any atom is 0.308 e. The molecule has 1 N–H and O–H groups in total.